The van der Waals surface area contributed by atoms with Crippen LogP contribution in [0.5, 0.6) is 0 Å². The lowest BCUT2D eigenvalue weighted by molar-refractivity contribution is 0.790. The summed E-state index contributed by atoms with van der Waals surface area (Å²) in [7, 11) is 0. The minimum Gasteiger partial charge on any atom is -0.0840 e. The molecule has 72 valence electrons. The number of benzene rings is 1. The van der Waals surface area contributed by atoms with Crippen LogP contribution in [0.1, 0.15) is 36.5 Å². The van der Waals surface area contributed by atoms with Gasteiger partial charge in [0.05, 0.1) is 0 Å². The second-order valence-corrected chi connectivity index (χ2v) is 4.04. The summed E-state index contributed by atoms with van der Waals surface area (Å²) < 4.78 is 0. The van der Waals surface area contributed by atoms with Crippen molar-refractivity contribution in [2.75, 3.05) is 0 Å². The molecule has 0 unspecified atom stereocenters. The average Bonchev–Trinajstić information content (AvgIpc) is 2.09. The zero-order valence-electron chi connectivity index (χ0n) is 8.65. The lowest BCUT2D eigenvalue weighted by atomic mass is 10.0. The summed E-state index contributed by atoms with van der Waals surface area (Å²) in [6.07, 6.45) is 3.70. The normalized spacial score (nSPS) is 10.5. The molecule has 0 spiro atoms. The maximum Gasteiger partial charge on any atom is 0.0438 e. The Kier molecular flexibility index (Phi) is 3.80. The largest absolute Gasteiger partial charge is 0.0840 e. The third kappa shape index (κ3) is 2.73. The molecule has 0 atom stereocenters. The molecule has 0 aliphatic carbocycles. The fourth-order valence-corrected chi connectivity index (χ4v) is 1.70. The van der Waals surface area contributed by atoms with Gasteiger partial charge in [-0.05, 0) is 49.4 Å². The molecular formula is C12H17Cl. The highest BCUT2D eigenvalue weighted by atomic mass is 35.5. The summed E-state index contributed by atoms with van der Waals surface area (Å²) in [5.74, 6) is 0. The second kappa shape index (κ2) is 4.66. The van der Waals surface area contributed by atoms with Gasteiger partial charge >= 0.3 is 0 Å². The lowest BCUT2D eigenvalue weighted by Gasteiger charge is -2.07. The maximum absolute atomic E-state index is 6.02. The molecule has 0 aromatic heterocycles. The Morgan fingerprint density at radius 1 is 1.15 bits per heavy atom. The van der Waals surface area contributed by atoms with Crippen molar-refractivity contribution < 1.29 is 0 Å². The molecule has 1 aromatic rings. The summed E-state index contributed by atoms with van der Waals surface area (Å²) in [6, 6.07) is 4.29. The molecule has 0 aliphatic heterocycles. The van der Waals surface area contributed by atoms with Crippen LogP contribution in [0.4, 0.5) is 0 Å². The molecular weight excluding hydrogens is 180 g/mol. The molecule has 1 aromatic carbocycles. The van der Waals surface area contributed by atoms with Crippen molar-refractivity contribution in [3.05, 3.63) is 33.8 Å². The third-order valence-electron chi connectivity index (χ3n) is 2.42. The molecule has 13 heavy (non-hydrogen) atoms. The summed E-state index contributed by atoms with van der Waals surface area (Å²) in [4.78, 5) is 0. The quantitative estimate of drug-likeness (QED) is 0.676. The van der Waals surface area contributed by atoms with Crippen LogP contribution in [0.15, 0.2) is 12.1 Å². The fourth-order valence-electron chi connectivity index (χ4n) is 1.48. The van der Waals surface area contributed by atoms with Crippen molar-refractivity contribution in [3.8, 4) is 0 Å². The van der Waals surface area contributed by atoms with Gasteiger partial charge in [0.2, 0.25) is 0 Å². The first-order valence-electron chi connectivity index (χ1n) is 4.90. The lowest BCUT2D eigenvalue weighted by Crippen LogP contribution is -1.91. The van der Waals surface area contributed by atoms with E-state index in [0.717, 1.165) is 5.02 Å². The number of aryl methyl sites for hydroxylation is 3. The van der Waals surface area contributed by atoms with Crippen LogP contribution in [-0.2, 0) is 6.42 Å². The molecule has 0 saturated heterocycles. The van der Waals surface area contributed by atoms with Crippen molar-refractivity contribution in [3.63, 3.8) is 0 Å². The second-order valence-electron chi connectivity index (χ2n) is 3.63. The van der Waals surface area contributed by atoms with E-state index in [4.69, 9.17) is 11.6 Å². The SMILES string of the molecule is CCCCc1cc(C)c(Cl)cc1C. The van der Waals surface area contributed by atoms with Crippen LogP contribution in [0.2, 0.25) is 5.02 Å². The van der Waals surface area contributed by atoms with E-state index in [1.54, 1.807) is 0 Å². The predicted octanol–water partition coefficient (Wildman–Crippen LogP) is 4.30. The summed E-state index contributed by atoms with van der Waals surface area (Å²) >= 11 is 6.02. The van der Waals surface area contributed by atoms with Crippen molar-refractivity contribution in [2.24, 2.45) is 0 Å². The van der Waals surface area contributed by atoms with Crippen molar-refractivity contribution in [2.45, 2.75) is 40.0 Å². The van der Waals surface area contributed by atoms with E-state index in [1.807, 2.05) is 0 Å². The molecule has 0 amide bonds. The zero-order valence-corrected chi connectivity index (χ0v) is 9.41. The van der Waals surface area contributed by atoms with E-state index in [2.05, 4.69) is 32.9 Å². The van der Waals surface area contributed by atoms with E-state index in [0.29, 0.717) is 0 Å². The van der Waals surface area contributed by atoms with Gasteiger partial charge in [0.15, 0.2) is 0 Å². The first kappa shape index (κ1) is 10.6. The van der Waals surface area contributed by atoms with E-state index in [-0.39, 0.29) is 0 Å². The summed E-state index contributed by atoms with van der Waals surface area (Å²) in [5.41, 5.74) is 3.96. The molecule has 1 heteroatoms. The van der Waals surface area contributed by atoms with Gasteiger partial charge in [0.1, 0.15) is 0 Å². The summed E-state index contributed by atoms with van der Waals surface area (Å²) in [6.45, 7) is 6.42. The van der Waals surface area contributed by atoms with E-state index < -0.39 is 0 Å². The first-order chi connectivity index (χ1) is 6.15. The maximum atomic E-state index is 6.02. The van der Waals surface area contributed by atoms with Crippen molar-refractivity contribution in [1.82, 2.24) is 0 Å². The van der Waals surface area contributed by atoms with E-state index in [1.165, 1.54) is 36.0 Å². The smallest absolute Gasteiger partial charge is 0.0438 e. The highest BCUT2D eigenvalue weighted by Crippen LogP contribution is 2.21. The van der Waals surface area contributed by atoms with Gasteiger partial charge in [-0.1, -0.05) is 31.0 Å². The van der Waals surface area contributed by atoms with Crippen molar-refractivity contribution >= 4 is 11.6 Å². The molecule has 0 nitrogen and oxygen atoms in total. The molecule has 0 bridgehead atoms. The van der Waals surface area contributed by atoms with E-state index in [9.17, 15) is 0 Å². The van der Waals surface area contributed by atoms with Crippen LogP contribution >= 0.6 is 11.6 Å². The first-order valence-corrected chi connectivity index (χ1v) is 5.28. The Hall–Kier alpha value is -0.490. The predicted molar refractivity (Wildman–Crippen MR) is 59.5 cm³/mol. The topological polar surface area (TPSA) is 0 Å². The average molecular weight is 197 g/mol. The number of hydrogen-bond acceptors (Lipinski definition) is 0. The highest BCUT2D eigenvalue weighted by molar-refractivity contribution is 6.31. The zero-order chi connectivity index (χ0) is 9.84. The Balaban J connectivity index is 2.88. The standard InChI is InChI=1S/C12H17Cl/c1-4-5-6-11-7-10(3)12(13)8-9(11)2/h7-8H,4-6H2,1-3H3. The van der Waals surface area contributed by atoms with Crippen LogP contribution in [0.25, 0.3) is 0 Å². The van der Waals surface area contributed by atoms with Gasteiger partial charge in [-0.25, -0.2) is 0 Å². The van der Waals surface area contributed by atoms with Gasteiger partial charge in [0, 0.05) is 5.02 Å². The Labute approximate surface area is 85.9 Å². The molecule has 0 radical (unpaired) electrons. The Morgan fingerprint density at radius 2 is 1.85 bits per heavy atom. The van der Waals surface area contributed by atoms with Gasteiger partial charge in [-0.3, -0.25) is 0 Å². The van der Waals surface area contributed by atoms with Gasteiger partial charge in [-0.2, -0.15) is 0 Å². The van der Waals surface area contributed by atoms with Gasteiger partial charge in [0.25, 0.3) is 0 Å². The molecule has 0 fully saturated rings. The third-order valence-corrected chi connectivity index (χ3v) is 2.82. The van der Waals surface area contributed by atoms with Crippen LogP contribution in [0.3, 0.4) is 0 Å². The number of rotatable bonds is 3. The van der Waals surface area contributed by atoms with Crippen LogP contribution in [-0.4, -0.2) is 0 Å². The molecule has 0 saturated carbocycles. The molecule has 0 aliphatic rings. The number of hydrogen-bond donors (Lipinski definition) is 0. The minimum atomic E-state index is 0.887. The Morgan fingerprint density at radius 3 is 2.46 bits per heavy atom. The van der Waals surface area contributed by atoms with Crippen LogP contribution in [0, 0.1) is 13.8 Å². The molecule has 0 N–H and O–H groups in total. The van der Waals surface area contributed by atoms with Crippen molar-refractivity contribution in [1.29, 1.82) is 0 Å². The minimum absolute atomic E-state index is 0.887. The molecule has 1 rings (SSSR count). The monoisotopic (exact) mass is 196 g/mol. The van der Waals surface area contributed by atoms with E-state index >= 15 is 0 Å². The fraction of sp³-hybridized carbons (Fsp3) is 0.500. The number of unbranched alkanes of at least 4 members (excludes halogenated alkanes) is 1. The van der Waals surface area contributed by atoms with Gasteiger partial charge < -0.3 is 0 Å². The van der Waals surface area contributed by atoms with Crippen LogP contribution < -0.4 is 0 Å². The number of halogens is 1. The molecule has 0 heterocycles. The Bertz CT molecular complexity index is 289. The van der Waals surface area contributed by atoms with Gasteiger partial charge in [-0.15, -0.1) is 0 Å². The summed E-state index contributed by atoms with van der Waals surface area (Å²) in [5, 5.41) is 0.887. The highest BCUT2D eigenvalue weighted by Gasteiger charge is 2.01.